The molecule has 0 aliphatic carbocycles. The van der Waals surface area contributed by atoms with Crippen LogP contribution in [0.5, 0.6) is 0 Å². The molecule has 9 heteroatoms. The van der Waals surface area contributed by atoms with Gasteiger partial charge in [-0.25, -0.2) is 0 Å². The summed E-state index contributed by atoms with van der Waals surface area (Å²) in [6.07, 6.45) is 8.18. The average Bonchev–Trinajstić information content (AvgIpc) is 0.950. The van der Waals surface area contributed by atoms with Crippen LogP contribution in [0.4, 0.5) is 0 Å². The summed E-state index contributed by atoms with van der Waals surface area (Å²) >= 11 is 0. The molecule has 14 aromatic rings. The van der Waals surface area contributed by atoms with Crippen LogP contribution < -0.4 is 43.7 Å². The quantitative estimate of drug-likeness (QED) is 0.120. The van der Waals surface area contributed by atoms with Gasteiger partial charge in [0.2, 0.25) is 0 Å². The van der Waals surface area contributed by atoms with Gasteiger partial charge in [-0.15, -0.1) is 0 Å². The summed E-state index contributed by atoms with van der Waals surface area (Å²) in [4.78, 5) is 25.1. The predicted octanol–water partition coefficient (Wildman–Crippen LogP) is 12.6. The SMILES string of the molecule is [Zn+2].c1ccc(-c2ccccn2)nc1.c1ccc(-c2ccccn2)nc1.c1ccc(-c2ccccn2)nc1.c1ccc([B-](c2ccccc2)(c2ccccc2)c2ccccc2)cc1.c1ccc([B-](c2ccccc2)(c2ccccc2)c2ccccc2)cc1. The Labute approximate surface area is 525 Å². The van der Waals surface area contributed by atoms with Crippen LogP contribution in [0.15, 0.2) is 389 Å². The van der Waals surface area contributed by atoms with Crippen molar-refractivity contribution in [3.8, 4) is 34.2 Å². The third-order valence-electron chi connectivity index (χ3n) is 15.2. The molecular formula is C78H64B2N6Zn. The molecule has 0 radical (unpaired) electrons. The average molecular weight is 1170 g/mol. The van der Waals surface area contributed by atoms with E-state index in [1.165, 1.54) is 43.7 Å². The second-order valence-corrected chi connectivity index (χ2v) is 20.3. The first-order chi connectivity index (χ1) is 42.7. The maximum absolute atomic E-state index is 4.19. The predicted molar refractivity (Wildman–Crippen MR) is 363 cm³/mol. The third-order valence-corrected chi connectivity index (χ3v) is 15.2. The number of rotatable bonds is 11. The number of hydrogen-bond acceptors (Lipinski definition) is 6. The van der Waals surface area contributed by atoms with E-state index in [4.69, 9.17) is 0 Å². The zero-order valence-electron chi connectivity index (χ0n) is 48.5. The fourth-order valence-corrected chi connectivity index (χ4v) is 11.3. The van der Waals surface area contributed by atoms with E-state index < -0.39 is 12.3 Å². The molecule has 414 valence electrons. The molecule has 0 atom stereocenters. The van der Waals surface area contributed by atoms with Crippen LogP contribution in [-0.2, 0) is 19.5 Å². The molecule has 87 heavy (non-hydrogen) atoms. The topological polar surface area (TPSA) is 77.3 Å². The van der Waals surface area contributed by atoms with Gasteiger partial charge in [0, 0.05) is 37.2 Å². The number of aromatic nitrogens is 6. The summed E-state index contributed by atoms with van der Waals surface area (Å²) in [6, 6.07) is 122. The molecule has 0 saturated carbocycles. The molecule has 0 aliphatic rings. The monoisotopic (exact) mass is 1170 g/mol. The fraction of sp³-hybridized carbons (Fsp3) is 0. The van der Waals surface area contributed by atoms with Crippen LogP contribution in [0.3, 0.4) is 0 Å². The first-order valence-corrected chi connectivity index (χ1v) is 29.0. The van der Waals surface area contributed by atoms with E-state index in [9.17, 15) is 0 Å². The van der Waals surface area contributed by atoms with Crippen molar-refractivity contribution in [1.82, 2.24) is 29.9 Å². The van der Waals surface area contributed by atoms with Gasteiger partial charge in [-0.05, 0) is 72.8 Å². The van der Waals surface area contributed by atoms with E-state index in [2.05, 4.69) is 273 Å². The van der Waals surface area contributed by atoms with Crippen LogP contribution in [0.25, 0.3) is 34.2 Å². The Kier molecular flexibility index (Phi) is 22.8. The van der Waals surface area contributed by atoms with Crippen molar-refractivity contribution in [2.45, 2.75) is 0 Å². The summed E-state index contributed by atoms with van der Waals surface area (Å²) in [6.45, 7) is 0. The Morgan fingerprint density at radius 1 is 0.138 bits per heavy atom. The van der Waals surface area contributed by atoms with E-state index in [0.29, 0.717) is 0 Å². The van der Waals surface area contributed by atoms with Gasteiger partial charge in [0.05, 0.1) is 34.2 Å². The molecule has 0 fully saturated rings. The van der Waals surface area contributed by atoms with Crippen molar-refractivity contribution in [3.63, 3.8) is 0 Å². The maximum Gasteiger partial charge on any atom is 2.00 e. The van der Waals surface area contributed by atoms with Gasteiger partial charge in [0.25, 0.3) is 0 Å². The van der Waals surface area contributed by atoms with Gasteiger partial charge >= 0.3 is 19.5 Å². The Balaban J connectivity index is 0.000000135. The fourth-order valence-electron chi connectivity index (χ4n) is 11.3. The van der Waals surface area contributed by atoms with Crippen LogP contribution in [0, 0.1) is 0 Å². The maximum atomic E-state index is 4.19. The minimum absolute atomic E-state index is 0. The van der Waals surface area contributed by atoms with Crippen molar-refractivity contribution in [2.24, 2.45) is 0 Å². The van der Waals surface area contributed by atoms with Gasteiger partial charge in [0.1, 0.15) is 12.3 Å². The Bertz CT molecular complexity index is 3320. The first-order valence-electron chi connectivity index (χ1n) is 29.0. The molecule has 8 aromatic carbocycles. The Morgan fingerprint density at radius 2 is 0.253 bits per heavy atom. The molecular weight excluding hydrogens is 1110 g/mol. The standard InChI is InChI=1S/2C24H20B.3C10H8N2.Zn/c2*1-5-13-21(14-6-1)25(22-15-7-2-8-16-22,23-17-9-3-10-18-23)24-19-11-4-12-20-24;3*1-3-7-11-9(5-1)10-6-2-4-8-12-10;/h2*1-20H;3*1-8H;/q2*-1;;;;+2. The summed E-state index contributed by atoms with van der Waals surface area (Å²) in [5.41, 5.74) is 16.2. The molecule has 6 heterocycles. The van der Waals surface area contributed by atoms with Gasteiger partial charge in [-0.3, -0.25) is 29.9 Å². The first kappa shape index (κ1) is 61.0. The van der Waals surface area contributed by atoms with E-state index >= 15 is 0 Å². The van der Waals surface area contributed by atoms with Crippen LogP contribution in [0.2, 0.25) is 0 Å². The summed E-state index contributed by atoms with van der Waals surface area (Å²) < 4.78 is 0. The zero-order valence-corrected chi connectivity index (χ0v) is 51.5. The van der Waals surface area contributed by atoms with E-state index in [1.54, 1.807) is 37.2 Å². The second-order valence-electron chi connectivity index (χ2n) is 20.3. The minimum Gasteiger partial charge on any atom is -0.255 e. The molecule has 0 unspecified atom stereocenters. The number of benzene rings is 8. The minimum atomic E-state index is -1.22. The largest absolute Gasteiger partial charge is 2.00 e. The van der Waals surface area contributed by atoms with Gasteiger partial charge in [-0.1, -0.05) is 279 Å². The van der Waals surface area contributed by atoms with E-state index in [1.807, 2.05) is 109 Å². The van der Waals surface area contributed by atoms with Gasteiger partial charge in [-0.2, -0.15) is 43.7 Å². The molecule has 0 amide bonds. The van der Waals surface area contributed by atoms with Crippen molar-refractivity contribution in [3.05, 3.63) is 389 Å². The Morgan fingerprint density at radius 3 is 0.356 bits per heavy atom. The van der Waals surface area contributed by atoms with Crippen molar-refractivity contribution < 1.29 is 19.5 Å². The number of pyridine rings is 6. The molecule has 0 aliphatic heterocycles. The molecule has 0 spiro atoms. The summed E-state index contributed by atoms with van der Waals surface area (Å²) in [5, 5.41) is 0. The normalized spacial score (nSPS) is 10.4. The van der Waals surface area contributed by atoms with Crippen molar-refractivity contribution in [1.29, 1.82) is 0 Å². The molecule has 6 aromatic heterocycles. The van der Waals surface area contributed by atoms with Crippen molar-refractivity contribution >= 4 is 56.0 Å². The van der Waals surface area contributed by atoms with Crippen LogP contribution in [0.1, 0.15) is 0 Å². The molecule has 14 rings (SSSR count). The summed E-state index contributed by atoms with van der Waals surface area (Å²) in [5.74, 6) is 0. The van der Waals surface area contributed by atoms with Crippen molar-refractivity contribution in [2.75, 3.05) is 0 Å². The second kappa shape index (κ2) is 32.5. The molecule has 0 N–H and O–H groups in total. The van der Waals surface area contributed by atoms with Crippen LogP contribution >= 0.6 is 0 Å². The smallest absolute Gasteiger partial charge is 0.255 e. The molecule has 6 nitrogen and oxygen atoms in total. The summed E-state index contributed by atoms with van der Waals surface area (Å²) in [7, 11) is 0. The van der Waals surface area contributed by atoms with Gasteiger partial charge in [0.15, 0.2) is 0 Å². The zero-order chi connectivity index (χ0) is 58.6. The number of nitrogens with zero attached hydrogens (tertiary/aromatic N) is 6. The number of hydrogen-bond donors (Lipinski definition) is 0. The van der Waals surface area contributed by atoms with E-state index in [0.717, 1.165) is 34.2 Å². The van der Waals surface area contributed by atoms with Crippen LogP contribution in [-0.4, -0.2) is 42.2 Å². The van der Waals surface area contributed by atoms with Gasteiger partial charge < -0.3 is 0 Å². The molecule has 0 saturated heterocycles. The third kappa shape index (κ3) is 15.6. The van der Waals surface area contributed by atoms with E-state index in [-0.39, 0.29) is 19.5 Å². The Hall–Kier alpha value is -10.6. The molecule has 0 bridgehead atoms.